The van der Waals surface area contributed by atoms with Crippen molar-refractivity contribution in [2.75, 3.05) is 23.9 Å². The first-order valence-electron chi connectivity index (χ1n) is 6.88. The SMILES string of the molecule is CN1C(=O)[C@H]2c3ccccc3N(C)[C@@H]2c2ccccc21. The fourth-order valence-electron chi connectivity index (χ4n) is 3.64. The van der Waals surface area contributed by atoms with Crippen LogP contribution in [0.1, 0.15) is 23.1 Å². The molecule has 2 aromatic rings. The molecule has 2 aliphatic rings. The Kier molecular flexibility index (Phi) is 2.22. The number of likely N-dealkylation sites (N-methyl/N-ethyl adjacent to an activating group) is 2. The lowest BCUT2D eigenvalue weighted by Gasteiger charge is -2.37. The van der Waals surface area contributed by atoms with Gasteiger partial charge in [0.1, 0.15) is 0 Å². The summed E-state index contributed by atoms with van der Waals surface area (Å²) in [5.41, 5.74) is 4.57. The van der Waals surface area contributed by atoms with Crippen molar-refractivity contribution in [1.82, 2.24) is 0 Å². The molecule has 2 atom stereocenters. The summed E-state index contributed by atoms with van der Waals surface area (Å²) < 4.78 is 0. The second-order valence-corrected chi connectivity index (χ2v) is 5.55. The van der Waals surface area contributed by atoms with Crippen LogP contribution >= 0.6 is 0 Å². The number of nitrogens with zero attached hydrogens (tertiary/aromatic N) is 2. The molecule has 20 heavy (non-hydrogen) atoms. The maximum Gasteiger partial charge on any atom is 0.236 e. The molecule has 0 spiro atoms. The number of benzene rings is 2. The fourth-order valence-corrected chi connectivity index (χ4v) is 3.64. The number of carbonyl (C=O) groups is 1. The van der Waals surface area contributed by atoms with E-state index in [0.717, 1.165) is 11.3 Å². The number of hydrogen-bond acceptors (Lipinski definition) is 2. The Morgan fingerprint density at radius 1 is 0.850 bits per heavy atom. The molecule has 0 bridgehead atoms. The Hall–Kier alpha value is -2.29. The van der Waals surface area contributed by atoms with Crippen molar-refractivity contribution in [2.45, 2.75) is 12.0 Å². The lowest BCUT2D eigenvalue weighted by molar-refractivity contribution is -0.120. The van der Waals surface area contributed by atoms with Gasteiger partial charge in [0.2, 0.25) is 5.91 Å². The third-order valence-corrected chi connectivity index (χ3v) is 4.60. The van der Waals surface area contributed by atoms with Crippen molar-refractivity contribution < 1.29 is 4.79 Å². The summed E-state index contributed by atoms with van der Waals surface area (Å²) in [6.07, 6.45) is 0. The second kappa shape index (κ2) is 3.85. The van der Waals surface area contributed by atoms with Gasteiger partial charge in [0.05, 0.1) is 12.0 Å². The van der Waals surface area contributed by atoms with E-state index in [1.165, 1.54) is 11.3 Å². The smallest absolute Gasteiger partial charge is 0.236 e. The molecular weight excluding hydrogens is 248 g/mol. The van der Waals surface area contributed by atoms with Crippen LogP contribution in [0.4, 0.5) is 11.4 Å². The van der Waals surface area contributed by atoms with Gasteiger partial charge in [-0.1, -0.05) is 36.4 Å². The van der Waals surface area contributed by atoms with Gasteiger partial charge in [-0.15, -0.1) is 0 Å². The lowest BCUT2D eigenvalue weighted by Crippen LogP contribution is -2.41. The minimum absolute atomic E-state index is 0.0869. The Balaban J connectivity index is 1.98. The van der Waals surface area contributed by atoms with Crippen LogP contribution in [0.15, 0.2) is 48.5 Å². The molecule has 0 N–H and O–H groups in total. The van der Waals surface area contributed by atoms with Crippen LogP contribution < -0.4 is 9.80 Å². The molecule has 3 heteroatoms. The highest BCUT2D eigenvalue weighted by Crippen LogP contribution is 2.53. The molecule has 100 valence electrons. The van der Waals surface area contributed by atoms with Gasteiger partial charge in [0.15, 0.2) is 0 Å². The van der Waals surface area contributed by atoms with Crippen LogP contribution in [0.3, 0.4) is 0 Å². The van der Waals surface area contributed by atoms with Crippen molar-refractivity contribution in [3.63, 3.8) is 0 Å². The van der Waals surface area contributed by atoms with Crippen LogP contribution in [0, 0.1) is 0 Å². The number of para-hydroxylation sites is 2. The van der Waals surface area contributed by atoms with Gasteiger partial charge in [-0.3, -0.25) is 4.79 Å². The van der Waals surface area contributed by atoms with Crippen LogP contribution in [0.5, 0.6) is 0 Å². The van der Waals surface area contributed by atoms with Gasteiger partial charge in [-0.25, -0.2) is 0 Å². The lowest BCUT2D eigenvalue weighted by atomic mass is 9.85. The van der Waals surface area contributed by atoms with E-state index in [-0.39, 0.29) is 17.9 Å². The summed E-state index contributed by atoms with van der Waals surface area (Å²) in [5, 5.41) is 0. The van der Waals surface area contributed by atoms with Gasteiger partial charge in [-0.2, -0.15) is 0 Å². The predicted molar refractivity (Wildman–Crippen MR) is 80.2 cm³/mol. The van der Waals surface area contributed by atoms with Crippen LogP contribution in [0.25, 0.3) is 0 Å². The average molecular weight is 264 g/mol. The van der Waals surface area contributed by atoms with E-state index >= 15 is 0 Å². The zero-order valence-corrected chi connectivity index (χ0v) is 11.6. The summed E-state index contributed by atoms with van der Waals surface area (Å²) in [4.78, 5) is 16.8. The molecule has 0 aromatic heterocycles. The van der Waals surface area contributed by atoms with Gasteiger partial charge in [0, 0.05) is 25.5 Å². The molecule has 0 radical (unpaired) electrons. The maximum atomic E-state index is 12.8. The molecule has 3 nitrogen and oxygen atoms in total. The van der Waals surface area contributed by atoms with Crippen LogP contribution in [0.2, 0.25) is 0 Å². The molecule has 2 aromatic carbocycles. The van der Waals surface area contributed by atoms with E-state index in [9.17, 15) is 4.79 Å². The number of carbonyl (C=O) groups excluding carboxylic acids is 1. The first-order valence-corrected chi connectivity index (χ1v) is 6.88. The summed E-state index contributed by atoms with van der Waals surface area (Å²) in [7, 11) is 3.96. The molecule has 0 saturated carbocycles. The number of fused-ring (bicyclic) bond motifs is 5. The molecule has 0 aliphatic carbocycles. The summed E-state index contributed by atoms with van der Waals surface area (Å²) in [6.45, 7) is 0. The maximum absolute atomic E-state index is 12.8. The summed E-state index contributed by atoms with van der Waals surface area (Å²) in [5.74, 6) is 0.0987. The molecule has 2 aliphatic heterocycles. The first kappa shape index (κ1) is 11.5. The quantitative estimate of drug-likeness (QED) is 0.730. The number of anilines is 2. The van der Waals surface area contributed by atoms with Crippen molar-refractivity contribution in [3.05, 3.63) is 59.7 Å². The molecule has 0 saturated heterocycles. The van der Waals surface area contributed by atoms with Crippen molar-refractivity contribution >= 4 is 17.3 Å². The van der Waals surface area contributed by atoms with Crippen molar-refractivity contribution in [2.24, 2.45) is 0 Å². The third kappa shape index (κ3) is 1.27. The minimum atomic E-state index is -0.0869. The molecule has 1 amide bonds. The predicted octanol–water partition coefficient (Wildman–Crippen LogP) is 2.94. The molecule has 2 heterocycles. The van der Waals surface area contributed by atoms with E-state index < -0.39 is 0 Å². The Labute approximate surface area is 118 Å². The van der Waals surface area contributed by atoms with Crippen LogP contribution in [-0.4, -0.2) is 20.0 Å². The zero-order valence-electron chi connectivity index (χ0n) is 11.6. The topological polar surface area (TPSA) is 23.6 Å². The van der Waals surface area contributed by atoms with Gasteiger partial charge < -0.3 is 9.80 Å². The monoisotopic (exact) mass is 264 g/mol. The molecule has 0 unspecified atom stereocenters. The Morgan fingerprint density at radius 2 is 1.45 bits per heavy atom. The molecule has 4 rings (SSSR count). The van der Waals surface area contributed by atoms with E-state index in [2.05, 4.69) is 36.2 Å². The number of rotatable bonds is 0. The number of amides is 1. The number of hydrogen-bond donors (Lipinski definition) is 0. The highest BCUT2D eigenvalue weighted by atomic mass is 16.2. The fraction of sp³-hybridized carbons (Fsp3) is 0.235. The van der Waals surface area contributed by atoms with E-state index in [1.54, 1.807) is 4.90 Å². The molecular formula is C17H16N2O. The largest absolute Gasteiger partial charge is 0.366 e. The van der Waals surface area contributed by atoms with Gasteiger partial charge in [0.25, 0.3) is 0 Å². The first-order chi connectivity index (χ1) is 9.70. The average Bonchev–Trinajstić information content (AvgIpc) is 2.79. The zero-order chi connectivity index (χ0) is 13.9. The minimum Gasteiger partial charge on any atom is -0.366 e. The van der Waals surface area contributed by atoms with E-state index in [0.29, 0.717) is 0 Å². The van der Waals surface area contributed by atoms with Gasteiger partial charge >= 0.3 is 0 Å². The van der Waals surface area contributed by atoms with Crippen molar-refractivity contribution in [1.29, 1.82) is 0 Å². The van der Waals surface area contributed by atoms with Crippen molar-refractivity contribution in [3.8, 4) is 0 Å². The Bertz CT molecular complexity index is 710. The van der Waals surface area contributed by atoms with E-state index in [1.807, 2.05) is 31.3 Å². The third-order valence-electron chi connectivity index (χ3n) is 4.60. The normalized spacial score (nSPS) is 23.4. The van der Waals surface area contributed by atoms with E-state index in [4.69, 9.17) is 0 Å². The highest BCUT2D eigenvalue weighted by Gasteiger charge is 2.47. The molecule has 0 fully saturated rings. The summed E-state index contributed by atoms with van der Waals surface area (Å²) >= 11 is 0. The highest BCUT2D eigenvalue weighted by molar-refractivity contribution is 6.04. The Morgan fingerprint density at radius 3 is 2.20 bits per heavy atom. The summed E-state index contributed by atoms with van der Waals surface area (Å²) in [6, 6.07) is 16.6. The van der Waals surface area contributed by atoms with Gasteiger partial charge in [-0.05, 0) is 23.3 Å². The second-order valence-electron chi connectivity index (χ2n) is 5.55. The standard InChI is InChI=1S/C17H16N2O/c1-18-13-9-5-3-7-11(13)15-16(18)12-8-4-6-10-14(12)19(2)17(15)20/h3-10,15-16H,1-2H3/t15-,16+/m0/s1. The van der Waals surface area contributed by atoms with Crippen LogP contribution in [-0.2, 0) is 4.79 Å².